The topological polar surface area (TPSA) is 62.5 Å². The van der Waals surface area contributed by atoms with Crippen LogP contribution >= 0.6 is 0 Å². The van der Waals surface area contributed by atoms with Crippen LogP contribution in [0.2, 0.25) is 0 Å². The van der Waals surface area contributed by atoms with Crippen LogP contribution in [-0.2, 0) is 0 Å². The average molecular weight is 334 g/mol. The van der Waals surface area contributed by atoms with E-state index in [2.05, 4.69) is 16.0 Å². The zero-order valence-electron chi connectivity index (χ0n) is 13.9. The fraction of sp³-hybridized carbons (Fsp3) is 0. The molecule has 0 radical (unpaired) electrons. The average Bonchev–Trinajstić information content (AvgIpc) is 2.75. The van der Waals surface area contributed by atoms with Crippen molar-refractivity contribution in [2.45, 2.75) is 0 Å². The Hall–Kier alpha value is -3.84. The highest BCUT2D eigenvalue weighted by atomic mass is 14.8. The molecule has 3 aromatic heterocycles. The molecule has 26 heavy (non-hydrogen) atoms. The van der Waals surface area contributed by atoms with Crippen molar-refractivity contribution in [2.75, 3.05) is 0 Å². The second-order valence-corrected chi connectivity index (χ2v) is 5.75. The normalized spacial score (nSPS) is 10.3. The Morgan fingerprint density at radius 1 is 0.615 bits per heavy atom. The first-order valence-electron chi connectivity index (χ1n) is 8.19. The highest BCUT2D eigenvalue weighted by Gasteiger charge is 2.10. The summed E-state index contributed by atoms with van der Waals surface area (Å²) in [6.45, 7) is 0. The summed E-state index contributed by atoms with van der Waals surface area (Å²) in [5.74, 6) is 0. The molecule has 0 fully saturated rings. The molecule has 0 atom stereocenters. The van der Waals surface area contributed by atoms with Gasteiger partial charge in [-0.25, -0.2) is 4.98 Å². The Kier molecular flexibility index (Phi) is 4.19. The minimum atomic E-state index is 0.623. The van der Waals surface area contributed by atoms with Crippen LogP contribution in [0.25, 0.3) is 33.9 Å². The SMILES string of the molecule is N#Cc1cccc(-c2cc(-c3ccccn3)nc(-c3ccccn3)c2)c1. The first kappa shape index (κ1) is 15.7. The van der Waals surface area contributed by atoms with E-state index in [-0.39, 0.29) is 0 Å². The van der Waals surface area contributed by atoms with Crippen molar-refractivity contribution in [1.82, 2.24) is 15.0 Å². The number of nitriles is 1. The van der Waals surface area contributed by atoms with Gasteiger partial charge >= 0.3 is 0 Å². The van der Waals surface area contributed by atoms with Gasteiger partial charge in [-0.15, -0.1) is 0 Å². The number of benzene rings is 1. The molecule has 0 spiro atoms. The lowest BCUT2D eigenvalue weighted by Gasteiger charge is -2.09. The molecule has 1 aromatic carbocycles. The standard InChI is InChI=1S/C22H14N4/c23-15-16-6-5-7-17(12-16)18-13-21(19-8-1-3-10-24-19)26-22(14-18)20-9-2-4-11-25-20/h1-14H. The van der Waals surface area contributed by atoms with Gasteiger partial charge in [0.2, 0.25) is 0 Å². The molecule has 4 rings (SSSR count). The lowest BCUT2D eigenvalue weighted by atomic mass is 10.0. The van der Waals surface area contributed by atoms with Crippen molar-refractivity contribution in [1.29, 1.82) is 5.26 Å². The van der Waals surface area contributed by atoms with E-state index in [1.807, 2.05) is 66.7 Å². The highest BCUT2D eigenvalue weighted by molar-refractivity contribution is 5.75. The summed E-state index contributed by atoms with van der Waals surface area (Å²) in [6.07, 6.45) is 3.50. The second-order valence-electron chi connectivity index (χ2n) is 5.75. The fourth-order valence-corrected chi connectivity index (χ4v) is 2.76. The first-order chi connectivity index (χ1) is 12.8. The Morgan fingerprint density at radius 2 is 1.27 bits per heavy atom. The summed E-state index contributed by atoms with van der Waals surface area (Å²) < 4.78 is 0. The van der Waals surface area contributed by atoms with Crippen molar-refractivity contribution >= 4 is 0 Å². The number of hydrogen-bond donors (Lipinski definition) is 0. The van der Waals surface area contributed by atoms with Gasteiger partial charge in [0.1, 0.15) is 0 Å². The Morgan fingerprint density at radius 3 is 1.81 bits per heavy atom. The molecule has 4 nitrogen and oxygen atoms in total. The molecule has 0 aliphatic carbocycles. The largest absolute Gasteiger partial charge is 0.255 e. The van der Waals surface area contributed by atoms with Gasteiger partial charge in [0.15, 0.2) is 0 Å². The second kappa shape index (κ2) is 6.96. The molecule has 0 saturated carbocycles. The molecule has 0 aliphatic rings. The molecule has 3 heterocycles. The monoisotopic (exact) mass is 334 g/mol. The zero-order chi connectivity index (χ0) is 17.8. The third-order valence-corrected chi connectivity index (χ3v) is 4.00. The molecule has 0 aliphatic heterocycles. The summed E-state index contributed by atoms with van der Waals surface area (Å²) in [5, 5.41) is 9.19. The maximum absolute atomic E-state index is 9.19. The van der Waals surface area contributed by atoms with Crippen molar-refractivity contribution in [2.24, 2.45) is 0 Å². The lowest BCUT2D eigenvalue weighted by molar-refractivity contribution is 1.22. The van der Waals surface area contributed by atoms with Crippen molar-refractivity contribution in [3.63, 3.8) is 0 Å². The summed E-state index contributed by atoms with van der Waals surface area (Å²) in [7, 11) is 0. The number of nitrogens with zero attached hydrogens (tertiary/aromatic N) is 4. The molecule has 4 aromatic rings. The molecule has 0 saturated heterocycles. The molecule has 0 amide bonds. The van der Waals surface area contributed by atoms with E-state index in [1.165, 1.54) is 0 Å². The Labute approximate surface area is 151 Å². The van der Waals surface area contributed by atoms with Gasteiger partial charge in [0.25, 0.3) is 0 Å². The van der Waals surface area contributed by atoms with E-state index in [1.54, 1.807) is 18.5 Å². The minimum absolute atomic E-state index is 0.623. The number of hydrogen-bond acceptors (Lipinski definition) is 4. The zero-order valence-corrected chi connectivity index (χ0v) is 13.9. The van der Waals surface area contributed by atoms with E-state index in [9.17, 15) is 5.26 Å². The van der Waals surface area contributed by atoms with E-state index < -0.39 is 0 Å². The summed E-state index contributed by atoms with van der Waals surface area (Å²) in [6, 6.07) is 25.2. The number of rotatable bonds is 3. The van der Waals surface area contributed by atoms with E-state index >= 15 is 0 Å². The van der Waals surface area contributed by atoms with E-state index in [4.69, 9.17) is 4.98 Å². The maximum atomic E-state index is 9.19. The first-order valence-corrected chi connectivity index (χ1v) is 8.19. The van der Waals surface area contributed by atoms with Gasteiger partial charge in [0.05, 0.1) is 34.4 Å². The van der Waals surface area contributed by atoms with Crippen LogP contribution in [0, 0.1) is 11.3 Å². The van der Waals surface area contributed by atoms with E-state index in [0.29, 0.717) is 5.56 Å². The molecule has 0 bridgehead atoms. The Bertz CT molecular complexity index is 1030. The quantitative estimate of drug-likeness (QED) is 0.542. The van der Waals surface area contributed by atoms with Crippen LogP contribution in [0.15, 0.2) is 85.2 Å². The van der Waals surface area contributed by atoms with Gasteiger partial charge in [-0.05, 0) is 59.7 Å². The smallest absolute Gasteiger partial charge is 0.0991 e. The van der Waals surface area contributed by atoms with Crippen molar-refractivity contribution < 1.29 is 0 Å². The fourth-order valence-electron chi connectivity index (χ4n) is 2.76. The Balaban J connectivity index is 1.92. The van der Waals surface area contributed by atoms with Gasteiger partial charge in [-0.3, -0.25) is 9.97 Å². The molecule has 4 heteroatoms. The molecular weight excluding hydrogens is 320 g/mol. The molecule has 122 valence electrons. The van der Waals surface area contributed by atoms with Gasteiger partial charge in [-0.2, -0.15) is 5.26 Å². The van der Waals surface area contributed by atoms with E-state index in [0.717, 1.165) is 33.9 Å². The number of aromatic nitrogens is 3. The van der Waals surface area contributed by atoms with Crippen molar-refractivity contribution in [3.05, 3.63) is 90.8 Å². The van der Waals surface area contributed by atoms with Gasteiger partial charge in [0, 0.05) is 12.4 Å². The summed E-state index contributed by atoms with van der Waals surface area (Å²) in [5.41, 5.74) is 5.68. The maximum Gasteiger partial charge on any atom is 0.0991 e. The highest BCUT2D eigenvalue weighted by Crippen LogP contribution is 2.29. The summed E-state index contributed by atoms with van der Waals surface area (Å²) >= 11 is 0. The van der Waals surface area contributed by atoms with Crippen LogP contribution in [0.5, 0.6) is 0 Å². The van der Waals surface area contributed by atoms with Crippen molar-refractivity contribution in [3.8, 4) is 40.0 Å². The van der Waals surface area contributed by atoms with Gasteiger partial charge in [-0.1, -0.05) is 24.3 Å². The third kappa shape index (κ3) is 3.19. The van der Waals surface area contributed by atoms with Crippen LogP contribution in [0.4, 0.5) is 0 Å². The van der Waals surface area contributed by atoms with Crippen LogP contribution in [-0.4, -0.2) is 15.0 Å². The van der Waals surface area contributed by atoms with Gasteiger partial charge < -0.3 is 0 Å². The van der Waals surface area contributed by atoms with Crippen LogP contribution in [0.1, 0.15) is 5.56 Å². The predicted octanol–water partition coefficient (Wildman–Crippen LogP) is 4.74. The molecular formula is C22H14N4. The predicted molar refractivity (Wildman–Crippen MR) is 101 cm³/mol. The third-order valence-electron chi connectivity index (χ3n) is 4.00. The molecule has 0 N–H and O–H groups in total. The van der Waals surface area contributed by atoms with Crippen LogP contribution in [0.3, 0.4) is 0 Å². The lowest BCUT2D eigenvalue weighted by Crippen LogP contribution is -1.94. The minimum Gasteiger partial charge on any atom is -0.255 e. The molecule has 0 unspecified atom stereocenters. The number of pyridine rings is 3. The summed E-state index contributed by atoms with van der Waals surface area (Å²) in [4.78, 5) is 13.6. The van der Waals surface area contributed by atoms with Crippen LogP contribution < -0.4 is 0 Å².